The first-order chi connectivity index (χ1) is 13.5. The molecule has 1 unspecified atom stereocenters. The summed E-state index contributed by atoms with van der Waals surface area (Å²) in [5, 5.41) is 0.481. The lowest BCUT2D eigenvalue weighted by atomic mass is 10.0. The minimum absolute atomic E-state index is 0.0571. The van der Waals surface area contributed by atoms with Crippen molar-refractivity contribution in [1.29, 1.82) is 0 Å². The predicted molar refractivity (Wildman–Crippen MR) is 108 cm³/mol. The Morgan fingerprint density at radius 2 is 1.75 bits per heavy atom. The van der Waals surface area contributed by atoms with Crippen molar-refractivity contribution in [2.75, 3.05) is 45.2 Å². The molecule has 0 N–H and O–H groups in total. The summed E-state index contributed by atoms with van der Waals surface area (Å²) in [6, 6.07) is 11.7. The van der Waals surface area contributed by atoms with Crippen LogP contribution in [0.25, 0.3) is 0 Å². The molecule has 1 saturated heterocycles. The maximum Gasteiger partial charge on any atom is 0.259 e. The number of anilines is 1. The van der Waals surface area contributed by atoms with Crippen molar-refractivity contribution in [1.82, 2.24) is 9.80 Å². The second kappa shape index (κ2) is 7.45. The van der Waals surface area contributed by atoms with Crippen molar-refractivity contribution in [3.05, 3.63) is 58.6 Å². The van der Waals surface area contributed by atoms with E-state index >= 15 is 0 Å². The highest BCUT2D eigenvalue weighted by Gasteiger charge is 2.44. The third-order valence-corrected chi connectivity index (χ3v) is 5.65. The second-order valence-electron chi connectivity index (χ2n) is 7.14. The van der Waals surface area contributed by atoms with Crippen molar-refractivity contribution >= 4 is 29.1 Å². The van der Waals surface area contributed by atoms with Gasteiger partial charge in [0, 0.05) is 42.5 Å². The fourth-order valence-corrected chi connectivity index (χ4v) is 3.96. The summed E-state index contributed by atoms with van der Waals surface area (Å²) in [6.45, 7) is 2.95. The van der Waals surface area contributed by atoms with E-state index in [-0.39, 0.29) is 11.8 Å². The third kappa shape index (κ3) is 3.23. The number of fused-ring (bicyclic) bond motifs is 1. The maximum atomic E-state index is 13.5. The molecule has 2 aliphatic rings. The largest absolute Gasteiger partial charge is 0.497 e. The van der Waals surface area contributed by atoms with Gasteiger partial charge < -0.3 is 14.5 Å². The summed E-state index contributed by atoms with van der Waals surface area (Å²) in [5.41, 5.74) is 1.84. The Morgan fingerprint density at radius 3 is 2.39 bits per heavy atom. The molecule has 0 saturated carbocycles. The molecular weight excluding hydrogens is 378 g/mol. The Morgan fingerprint density at radius 1 is 1.07 bits per heavy atom. The van der Waals surface area contributed by atoms with Gasteiger partial charge in [-0.05, 0) is 49.0 Å². The molecule has 1 fully saturated rings. The van der Waals surface area contributed by atoms with Crippen molar-refractivity contribution in [3.8, 4) is 5.75 Å². The molecule has 2 aliphatic heterocycles. The number of nitrogens with zero attached hydrogens (tertiary/aromatic N) is 3. The Bertz CT molecular complexity index is 908. The average molecular weight is 400 g/mol. The lowest BCUT2D eigenvalue weighted by Gasteiger charge is -2.36. The Labute approximate surface area is 169 Å². The smallest absolute Gasteiger partial charge is 0.259 e. The number of hydrogen-bond donors (Lipinski definition) is 0. The number of likely N-dealkylation sites (N-methyl/N-ethyl adjacent to an activating group) is 1. The standard InChI is InChI=1S/C21H22ClN3O3/c1-23-9-11-24(12-10-23)21(27)19-17-8-3-14(22)13-18(17)20(26)25(19)15-4-6-16(28-2)7-5-15/h3-8,13,19H,9-12H2,1-2H3. The molecule has 2 amide bonds. The average Bonchev–Trinajstić information content (AvgIpc) is 3.00. The van der Waals surface area contributed by atoms with Crippen molar-refractivity contribution in [3.63, 3.8) is 0 Å². The van der Waals surface area contributed by atoms with Crippen LogP contribution in [0.15, 0.2) is 42.5 Å². The van der Waals surface area contributed by atoms with Crippen LogP contribution in [0.2, 0.25) is 5.02 Å². The Kier molecular flexibility index (Phi) is 5.00. The topological polar surface area (TPSA) is 53.1 Å². The minimum atomic E-state index is -0.684. The third-order valence-electron chi connectivity index (χ3n) is 5.42. The van der Waals surface area contributed by atoms with Crippen LogP contribution in [-0.4, -0.2) is 62.0 Å². The first-order valence-electron chi connectivity index (χ1n) is 9.24. The van der Waals surface area contributed by atoms with Crippen molar-refractivity contribution < 1.29 is 14.3 Å². The summed E-state index contributed by atoms with van der Waals surface area (Å²) < 4.78 is 5.22. The summed E-state index contributed by atoms with van der Waals surface area (Å²) in [5.74, 6) is 0.423. The zero-order valence-electron chi connectivity index (χ0n) is 15.9. The van der Waals surface area contributed by atoms with Crippen molar-refractivity contribution in [2.24, 2.45) is 0 Å². The molecule has 2 aromatic rings. The van der Waals surface area contributed by atoms with E-state index in [0.717, 1.165) is 13.1 Å². The number of hydrogen-bond acceptors (Lipinski definition) is 4. The van der Waals surface area contributed by atoms with Gasteiger partial charge in [-0.15, -0.1) is 0 Å². The molecule has 0 aliphatic carbocycles. The van der Waals surface area contributed by atoms with Crippen LogP contribution < -0.4 is 9.64 Å². The molecule has 4 rings (SSSR count). The molecular formula is C21H22ClN3O3. The van der Waals surface area contributed by atoms with Gasteiger partial charge in [-0.3, -0.25) is 14.5 Å². The molecule has 146 valence electrons. The number of carbonyl (C=O) groups is 2. The second-order valence-corrected chi connectivity index (χ2v) is 7.57. The van der Waals surface area contributed by atoms with Gasteiger partial charge in [-0.2, -0.15) is 0 Å². The van der Waals surface area contributed by atoms with Gasteiger partial charge in [-0.25, -0.2) is 0 Å². The quantitative estimate of drug-likeness (QED) is 0.796. The monoisotopic (exact) mass is 399 g/mol. The highest BCUT2D eigenvalue weighted by Crippen LogP contribution is 2.40. The molecule has 2 heterocycles. The van der Waals surface area contributed by atoms with Crippen LogP contribution in [0, 0.1) is 0 Å². The van der Waals surface area contributed by atoms with Crippen molar-refractivity contribution in [2.45, 2.75) is 6.04 Å². The fraction of sp³-hybridized carbons (Fsp3) is 0.333. The molecule has 0 spiro atoms. The molecule has 6 nitrogen and oxygen atoms in total. The molecule has 0 aromatic heterocycles. The highest BCUT2D eigenvalue weighted by atomic mass is 35.5. The first-order valence-corrected chi connectivity index (χ1v) is 9.62. The number of rotatable bonds is 3. The van der Waals surface area contributed by atoms with E-state index in [4.69, 9.17) is 16.3 Å². The van der Waals surface area contributed by atoms with E-state index in [1.54, 1.807) is 54.5 Å². The molecule has 0 bridgehead atoms. The van der Waals surface area contributed by atoms with Crippen LogP contribution in [0.1, 0.15) is 22.0 Å². The SMILES string of the molecule is COc1ccc(N2C(=O)c3cc(Cl)ccc3C2C(=O)N2CCN(C)CC2)cc1. The Hall–Kier alpha value is -2.57. The van der Waals surface area contributed by atoms with E-state index in [1.807, 2.05) is 11.9 Å². The summed E-state index contributed by atoms with van der Waals surface area (Å²) in [6.07, 6.45) is 0. The van der Waals surface area contributed by atoms with E-state index in [9.17, 15) is 9.59 Å². The van der Waals surface area contributed by atoms with Gasteiger partial charge in [0.15, 0.2) is 0 Å². The number of halogens is 1. The normalized spacial score (nSPS) is 19.7. The van der Waals surface area contributed by atoms with Crippen LogP contribution in [0.3, 0.4) is 0 Å². The minimum Gasteiger partial charge on any atom is -0.497 e. The zero-order chi connectivity index (χ0) is 19.8. The van der Waals surface area contributed by atoms with E-state index in [0.29, 0.717) is 40.7 Å². The van der Waals surface area contributed by atoms with Gasteiger partial charge in [0.2, 0.25) is 0 Å². The van der Waals surface area contributed by atoms with Gasteiger partial charge in [0.05, 0.1) is 7.11 Å². The van der Waals surface area contributed by atoms with E-state index < -0.39 is 6.04 Å². The lowest BCUT2D eigenvalue weighted by molar-refractivity contribution is -0.134. The molecule has 2 aromatic carbocycles. The van der Waals surface area contributed by atoms with Gasteiger partial charge >= 0.3 is 0 Å². The summed E-state index contributed by atoms with van der Waals surface area (Å²) in [4.78, 5) is 32.3. The van der Waals surface area contributed by atoms with Crippen LogP contribution in [0.4, 0.5) is 5.69 Å². The molecule has 1 atom stereocenters. The predicted octanol–water partition coefficient (Wildman–Crippen LogP) is 2.82. The van der Waals surface area contributed by atoms with Crippen LogP contribution in [-0.2, 0) is 4.79 Å². The van der Waals surface area contributed by atoms with E-state index in [2.05, 4.69) is 4.90 Å². The van der Waals surface area contributed by atoms with Gasteiger partial charge in [-0.1, -0.05) is 17.7 Å². The number of amides is 2. The molecule has 7 heteroatoms. The van der Waals surface area contributed by atoms with E-state index in [1.165, 1.54) is 0 Å². The van der Waals surface area contributed by atoms with Gasteiger partial charge in [0.1, 0.15) is 11.8 Å². The highest BCUT2D eigenvalue weighted by molar-refractivity contribution is 6.31. The zero-order valence-corrected chi connectivity index (χ0v) is 16.6. The van der Waals surface area contributed by atoms with Gasteiger partial charge in [0.25, 0.3) is 11.8 Å². The van der Waals surface area contributed by atoms with Crippen LogP contribution >= 0.6 is 11.6 Å². The summed E-state index contributed by atoms with van der Waals surface area (Å²) in [7, 11) is 3.63. The number of methoxy groups -OCH3 is 1. The number of carbonyl (C=O) groups excluding carboxylic acids is 2. The summed E-state index contributed by atoms with van der Waals surface area (Å²) >= 11 is 6.13. The van der Waals surface area contributed by atoms with Crippen LogP contribution in [0.5, 0.6) is 5.75 Å². The number of piperazine rings is 1. The fourth-order valence-electron chi connectivity index (χ4n) is 3.79. The first kappa shape index (κ1) is 18.8. The number of benzene rings is 2. The molecule has 0 radical (unpaired) electrons. The molecule has 28 heavy (non-hydrogen) atoms. The number of ether oxygens (including phenoxy) is 1. The maximum absolute atomic E-state index is 13.5. The lowest BCUT2D eigenvalue weighted by Crippen LogP contribution is -2.50. The Balaban J connectivity index is 1.74.